The van der Waals surface area contributed by atoms with Gasteiger partial charge in [-0.3, -0.25) is 0 Å². The molecule has 0 saturated heterocycles. The predicted octanol–water partition coefficient (Wildman–Crippen LogP) is 1.10. The first kappa shape index (κ1) is 12.0. The molecule has 4 nitrogen and oxygen atoms in total. The topological polar surface area (TPSA) is 72.2 Å². The highest BCUT2D eigenvalue weighted by atomic mass is 32.2. The number of hydrogen-bond donors (Lipinski definition) is 2. The average molecular weight is 228 g/mol. The molecule has 1 rings (SSSR count). The lowest BCUT2D eigenvalue weighted by atomic mass is 10.2. The summed E-state index contributed by atoms with van der Waals surface area (Å²) in [5, 5.41) is 0. The van der Waals surface area contributed by atoms with Crippen LogP contribution >= 0.6 is 0 Å². The molecule has 0 aliphatic heterocycles. The van der Waals surface area contributed by atoms with E-state index in [9.17, 15) is 8.42 Å². The van der Waals surface area contributed by atoms with Crippen LogP contribution < -0.4 is 10.5 Å². The molecule has 0 aromatic heterocycles. The van der Waals surface area contributed by atoms with Crippen molar-refractivity contribution in [3.05, 3.63) is 29.8 Å². The van der Waals surface area contributed by atoms with Gasteiger partial charge in [0.1, 0.15) is 0 Å². The lowest BCUT2D eigenvalue weighted by Gasteiger charge is -2.09. The number of hydrogen-bond acceptors (Lipinski definition) is 3. The van der Waals surface area contributed by atoms with E-state index in [1.54, 1.807) is 38.1 Å². The Bertz CT molecular complexity index is 410. The second-order valence-corrected chi connectivity index (χ2v) is 5.53. The molecule has 0 saturated carbocycles. The summed E-state index contributed by atoms with van der Waals surface area (Å²) >= 11 is 0. The van der Waals surface area contributed by atoms with E-state index < -0.39 is 10.0 Å². The molecule has 15 heavy (non-hydrogen) atoms. The van der Waals surface area contributed by atoms with E-state index in [1.165, 1.54) is 0 Å². The third-order valence-electron chi connectivity index (χ3n) is 1.75. The number of rotatable bonds is 4. The quantitative estimate of drug-likeness (QED) is 0.758. The predicted molar refractivity (Wildman–Crippen MR) is 61.7 cm³/mol. The van der Waals surface area contributed by atoms with Crippen LogP contribution in [0.15, 0.2) is 24.3 Å². The van der Waals surface area contributed by atoms with E-state index in [-0.39, 0.29) is 11.8 Å². The van der Waals surface area contributed by atoms with Crippen molar-refractivity contribution in [1.82, 2.24) is 4.72 Å². The van der Waals surface area contributed by atoms with Crippen molar-refractivity contribution in [3.63, 3.8) is 0 Å². The highest BCUT2D eigenvalue weighted by molar-refractivity contribution is 7.88. The minimum absolute atomic E-state index is 0.00847. The molecule has 5 heteroatoms. The zero-order chi connectivity index (χ0) is 11.5. The molecule has 3 N–H and O–H groups in total. The SMILES string of the molecule is CC(C)NS(=O)(=O)Cc1ccc(N)cc1. The van der Waals surface area contributed by atoms with Crippen LogP contribution in [0.25, 0.3) is 0 Å². The van der Waals surface area contributed by atoms with Crippen molar-refractivity contribution in [3.8, 4) is 0 Å². The molecule has 0 aliphatic rings. The zero-order valence-corrected chi connectivity index (χ0v) is 9.71. The maximum atomic E-state index is 11.6. The van der Waals surface area contributed by atoms with E-state index in [0.29, 0.717) is 5.69 Å². The first-order valence-corrected chi connectivity index (χ1v) is 6.39. The molecule has 0 radical (unpaired) electrons. The van der Waals surface area contributed by atoms with Crippen LogP contribution in [0.1, 0.15) is 19.4 Å². The average Bonchev–Trinajstić information content (AvgIpc) is 2.06. The van der Waals surface area contributed by atoms with Gasteiger partial charge in [-0.05, 0) is 31.5 Å². The van der Waals surface area contributed by atoms with E-state index in [4.69, 9.17) is 5.73 Å². The Morgan fingerprint density at radius 3 is 2.27 bits per heavy atom. The van der Waals surface area contributed by atoms with Crippen LogP contribution in [0.3, 0.4) is 0 Å². The molecule has 0 aliphatic carbocycles. The fourth-order valence-electron chi connectivity index (χ4n) is 1.23. The summed E-state index contributed by atoms with van der Waals surface area (Å²) in [7, 11) is -3.24. The van der Waals surface area contributed by atoms with Gasteiger partial charge >= 0.3 is 0 Å². The Morgan fingerprint density at radius 2 is 1.80 bits per heavy atom. The van der Waals surface area contributed by atoms with Gasteiger partial charge in [0.2, 0.25) is 10.0 Å². The smallest absolute Gasteiger partial charge is 0.216 e. The molecule has 0 fully saturated rings. The second kappa shape index (κ2) is 4.63. The molecular formula is C10H16N2O2S. The van der Waals surface area contributed by atoms with Gasteiger partial charge in [0.25, 0.3) is 0 Å². The van der Waals surface area contributed by atoms with Gasteiger partial charge in [-0.1, -0.05) is 12.1 Å². The molecular weight excluding hydrogens is 212 g/mol. The highest BCUT2D eigenvalue weighted by Crippen LogP contribution is 2.08. The first-order chi connectivity index (χ1) is 6.89. The maximum Gasteiger partial charge on any atom is 0.216 e. The first-order valence-electron chi connectivity index (χ1n) is 4.73. The van der Waals surface area contributed by atoms with Gasteiger partial charge in [-0.25, -0.2) is 13.1 Å². The van der Waals surface area contributed by atoms with E-state index in [1.807, 2.05) is 0 Å². The van der Waals surface area contributed by atoms with Crippen LogP contribution in [0.4, 0.5) is 5.69 Å². The van der Waals surface area contributed by atoms with Gasteiger partial charge in [-0.2, -0.15) is 0 Å². The fourth-order valence-corrected chi connectivity index (χ4v) is 2.67. The molecule has 84 valence electrons. The molecule has 1 aromatic rings. The molecule has 0 atom stereocenters. The summed E-state index contributed by atoms with van der Waals surface area (Å²) in [6.45, 7) is 3.58. The number of benzene rings is 1. The van der Waals surface area contributed by atoms with Crippen molar-refractivity contribution >= 4 is 15.7 Å². The summed E-state index contributed by atoms with van der Waals surface area (Å²) in [6.07, 6.45) is 0. The Kier molecular flexibility index (Phi) is 3.71. The molecule has 1 aromatic carbocycles. The third kappa shape index (κ3) is 4.31. The van der Waals surface area contributed by atoms with Crippen LogP contribution in [0.5, 0.6) is 0 Å². The summed E-state index contributed by atoms with van der Waals surface area (Å²) in [6, 6.07) is 6.74. The van der Waals surface area contributed by atoms with Crippen LogP contribution in [0.2, 0.25) is 0 Å². The van der Waals surface area contributed by atoms with Gasteiger partial charge in [0, 0.05) is 11.7 Å². The largest absolute Gasteiger partial charge is 0.399 e. The second-order valence-electron chi connectivity index (χ2n) is 3.77. The lowest BCUT2D eigenvalue weighted by molar-refractivity contribution is 0.569. The van der Waals surface area contributed by atoms with E-state index in [2.05, 4.69) is 4.72 Å². The lowest BCUT2D eigenvalue weighted by Crippen LogP contribution is -2.31. The summed E-state index contributed by atoms with van der Waals surface area (Å²) in [5.41, 5.74) is 6.87. The van der Waals surface area contributed by atoms with Crippen molar-refractivity contribution < 1.29 is 8.42 Å². The van der Waals surface area contributed by atoms with Crippen molar-refractivity contribution in [2.75, 3.05) is 5.73 Å². The van der Waals surface area contributed by atoms with Gasteiger partial charge in [-0.15, -0.1) is 0 Å². The normalized spacial score (nSPS) is 11.9. The maximum absolute atomic E-state index is 11.6. The Morgan fingerprint density at radius 1 is 1.27 bits per heavy atom. The van der Waals surface area contributed by atoms with Crippen molar-refractivity contribution in [2.24, 2.45) is 0 Å². The molecule has 0 amide bonds. The molecule has 0 unspecified atom stereocenters. The Hall–Kier alpha value is -1.07. The van der Waals surface area contributed by atoms with Crippen molar-refractivity contribution in [2.45, 2.75) is 25.6 Å². The standard InChI is InChI=1S/C10H16N2O2S/c1-8(2)12-15(13,14)7-9-3-5-10(11)6-4-9/h3-6,8,12H,7,11H2,1-2H3. The Labute approximate surface area is 90.5 Å². The number of nitrogens with one attached hydrogen (secondary N) is 1. The third-order valence-corrected chi connectivity index (χ3v) is 3.30. The van der Waals surface area contributed by atoms with Gasteiger partial charge < -0.3 is 5.73 Å². The number of anilines is 1. The molecule has 0 bridgehead atoms. The Balaban J connectivity index is 2.73. The zero-order valence-electron chi connectivity index (χ0n) is 8.90. The summed E-state index contributed by atoms with van der Waals surface area (Å²) in [5.74, 6) is -0.00847. The molecule has 0 heterocycles. The van der Waals surface area contributed by atoms with E-state index in [0.717, 1.165) is 5.56 Å². The monoisotopic (exact) mass is 228 g/mol. The van der Waals surface area contributed by atoms with Crippen molar-refractivity contribution in [1.29, 1.82) is 0 Å². The van der Waals surface area contributed by atoms with Gasteiger partial charge in [0.05, 0.1) is 5.75 Å². The van der Waals surface area contributed by atoms with Gasteiger partial charge in [0.15, 0.2) is 0 Å². The van der Waals surface area contributed by atoms with Crippen LogP contribution in [0, 0.1) is 0 Å². The van der Waals surface area contributed by atoms with E-state index >= 15 is 0 Å². The minimum Gasteiger partial charge on any atom is -0.399 e. The van der Waals surface area contributed by atoms with Crippen LogP contribution in [-0.4, -0.2) is 14.5 Å². The highest BCUT2D eigenvalue weighted by Gasteiger charge is 2.12. The number of nitrogens with two attached hydrogens (primary N) is 1. The summed E-state index contributed by atoms with van der Waals surface area (Å²) in [4.78, 5) is 0. The number of sulfonamides is 1. The molecule has 0 spiro atoms. The van der Waals surface area contributed by atoms with Crippen LogP contribution in [-0.2, 0) is 15.8 Å². The number of nitrogen functional groups attached to an aromatic ring is 1. The fraction of sp³-hybridized carbons (Fsp3) is 0.400. The minimum atomic E-state index is -3.24. The summed E-state index contributed by atoms with van der Waals surface area (Å²) < 4.78 is 25.6.